The molecular weight excluding hydrogens is 757 g/mol. The van der Waals surface area contributed by atoms with Crippen molar-refractivity contribution in [3.8, 4) is 0 Å². The first kappa shape index (κ1) is 57.8. The minimum atomic E-state index is 0.0291. The van der Waals surface area contributed by atoms with Crippen molar-refractivity contribution in [2.45, 2.75) is 309 Å². The van der Waals surface area contributed by atoms with Gasteiger partial charge in [-0.25, -0.2) is 0 Å². The van der Waals surface area contributed by atoms with Crippen molar-refractivity contribution in [3.05, 3.63) is 0 Å². The summed E-state index contributed by atoms with van der Waals surface area (Å²) in [5.41, 5.74) is 0. The number of aliphatic hydroxyl groups excluding tert-OH is 1. The van der Waals surface area contributed by atoms with Crippen LogP contribution >= 0.6 is 0 Å². The Morgan fingerprint density at radius 3 is 1.15 bits per heavy atom. The van der Waals surface area contributed by atoms with E-state index in [1.807, 2.05) is 0 Å². The second kappa shape index (κ2) is 44.0. The van der Waals surface area contributed by atoms with E-state index in [4.69, 9.17) is 9.47 Å². The van der Waals surface area contributed by atoms with E-state index in [0.29, 0.717) is 24.9 Å². The molecule has 7 heteroatoms. The first-order valence-electron chi connectivity index (χ1n) is 27.4. The van der Waals surface area contributed by atoms with Gasteiger partial charge in [-0.3, -0.25) is 9.59 Å². The van der Waals surface area contributed by atoms with Crippen LogP contribution in [0.3, 0.4) is 0 Å². The van der Waals surface area contributed by atoms with Crippen LogP contribution < -0.4 is 5.32 Å². The Bertz CT molecular complexity index is 852. The van der Waals surface area contributed by atoms with Gasteiger partial charge in [0.2, 0.25) is 0 Å². The molecule has 1 heterocycles. The molecule has 7 nitrogen and oxygen atoms in total. The highest BCUT2D eigenvalue weighted by molar-refractivity contribution is 5.69. The predicted octanol–water partition coefficient (Wildman–Crippen LogP) is 15.1. The van der Waals surface area contributed by atoms with E-state index < -0.39 is 0 Å². The van der Waals surface area contributed by atoms with Gasteiger partial charge in [-0.15, -0.1) is 0 Å². The summed E-state index contributed by atoms with van der Waals surface area (Å²) in [5, 5.41) is 13.4. The van der Waals surface area contributed by atoms with Gasteiger partial charge in [-0.2, -0.15) is 0 Å². The molecule has 0 aliphatic carbocycles. The zero-order valence-electron chi connectivity index (χ0n) is 41.4. The van der Waals surface area contributed by atoms with Gasteiger partial charge < -0.3 is 24.8 Å². The van der Waals surface area contributed by atoms with Crippen LogP contribution in [-0.2, 0) is 19.1 Å². The number of nitrogens with zero attached hydrogens (tertiary/aromatic N) is 1. The number of esters is 2. The van der Waals surface area contributed by atoms with Crippen LogP contribution in [0.25, 0.3) is 0 Å². The zero-order chi connectivity index (χ0) is 44.3. The zero-order valence-corrected chi connectivity index (χ0v) is 41.4. The number of rotatable bonds is 46. The van der Waals surface area contributed by atoms with E-state index in [9.17, 15) is 14.7 Å². The van der Waals surface area contributed by atoms with E-state index in [1.165, 1.54) is 180 Å². The molecule has 2 atom stereocenters. The van der Waals surface area contributed by atoms with Gasteiger partial charge in [-0.1, -0.05) is 182 Å². The molecule has 0 bridgehead atoms. The molecule has 61 heavy (non-hydrogen) atoms. The van der Waals surface area contributed by atoms with Crippen LogP contribution in [0.4, 0.5) is 0 Å². The van der Waals surface area contributed by atoms with Gasteiger partial charge in [0.05, 0.1) is 0 Å². The molecule has 1 aliphatic rings. The molecular formula is C54H106N2O5. The number of nitrogens with one attached hydrogen (secondary N) is 1. The predicted molar refractivity (Wildman–Crippen MR) is 261 cm³/mol. The average Bonchev–Trinajstić information content (AvgIpc) is 3.25. The van der Waals surface area contributed by atoms with E-state index >= 15 is 0 Å². The van der Waals surface area contributed by atoms with Crippen molar-refractivity contribution in [2.75, 3.05) is 26.2 Å². The molecule has 0 aromatic carbocycles. The number of hydrogen-bond acceptors (Lipinski definition) is 7. The maximum atomic E-state index is 12.8. The summed E-state index contributed by atoms with van der Waals surface area (Å²) in [6, 6.07) is 1.07. The van der Waals surface area contributed by atoms with Gasteiger partial charge in [0.15, 0.2) is 0 Å². The quantitative estimate of drug-likeness (QED) is 0.0465. The first-order valence-corrected chi connectivity index (χ1v) is 27.4. The Labute approximate surface area is 380 Å². The van der Waals surface area contributed by atoms with Crippen LogP contribution in [0.1, 0.15) is 285 Å². The molecule has 1 fully saturated rings. The smallest absolute Gasteiger partial charge is 0.306 e. The molecule has 1 saturated heterocycles. The normalized spacial score (nSPS) is 15.9. The van der Waals surface area contributed by atoms with Crippen LogP contribution in [0.15, 0.2) is 0 Å². The van der Waals surface area contributed by atoms with Crippen molar-refractivity contribution in [2.24, 2.45) is 0 Å². The van der Waals surface area contributed by atoms with Gasteiger partial charge in [-0.05, 0) is 96.4 Å². The molecule has 362 valence electrons. The highest BCUT2D eigenvalue weighted by Gasteiger charge is 2.25. The Morgan fingerprint density at radius 2 is 0.787 bits per heavy atom. The highest BCUT2D eigenvalue weighted by atomic mass is 16.5. The van der Waals surface area contributed by atoms with E-state index in [2.05, 4.69) is 37.9 Å². The van der Waals surface area contributed by atoms with Crippen LogP contribution in [0.5, 0.6) is 0 Å². The van der Waals surface area contributed by atoms with Crippen molar-refractivity contribution in [1.29, 1.82) is 0 Å². The van der Waals surface area contributed by atoms with Gasteiger partial charge >= 0.3 is 11.9 Å². The lowest BCUT2D eigenvalue weighted by atomic mass is 9.98. The third kappa shape index (κ3) is 36.8. The fourth-order valence-electron chi connectivity index (χ4n) is 9.41. The third-order valence-electron chi connectivity index (χ3n) is 13.3. The summed E-state index contributed by atoms with van der Waals surface area (Å²) >= 11 is 0. The van der Waals surface area contributed by atoms with E-state index in [1.54, 1.807) is 0 Å². The summed E-state index contributed by atoms with van der Waals surface area (Å²) in [4.78, 5) is 28.2. The molecule has 0 aromatic heterocycles. The number of ether oxygens (including phenoxy) is 2. The number of carbonyl (C=O) groups excluding carboxylic acids is 2. The fraction of sp³-hybridized carbons (Fsp3) is 0.963. The van der Waals surface area contributed by atoms with Gasteiger partial charge in [0.1, 0.15) is 12.2 Å². The minimum absolute atomic E-state index is 0.0291. The van der Waals surface area contributed by atoms with Crippen molar-refractivity contribution in [1.82, 2.24) is 10.2 Å². The molecule has 0 saturated carbocycles. The molecule has 0 spiro atoms. The largest absolute Gasteiger partial charge is 0.462 e. The number of carbonyl (C=O) groups is 2. The highest BCUT2D eigenvalue weighted by Crippen LogP contribution is 2.21. The van der Waals surface area contributed by atoms with Crippen molar-refractivity contribution >= 4 is 11.9 Å². The number of hydrogen-bond donors (Lipinski definition) is 2. The Kier molecular flexibility index (Phi) is 41.8. The van der Waals surface area contributed by atoms with Gasteiger partial charge in [0, 0.05) is 44.6 Å². The van der Waals surface area contributed by atoms with Gasteiger partial charge in [0.25, 0.3) is 0 Å². The maximum Gasteiger partial charge on any atom is 0.306 e. The fourth-order valence-corrected chi connectivity index (χ4v) is 9.41. The number of unbranched alkanes of at least 4 members (excludes halogenated alkanes) is 25. The van der Waals surface area contributed by atoms with Crippen LogP contribution in [0, 0.1) is 0 Å². The van der Waals surface area contributed by atoms with Crippen molar-refractivity contribution < 1.29 is 24.2 Å². The molecule has 0 aromatic rings. The second-order valence-corrected chi connectivity index (χ2v) is 19.4. The summed E-state index contributed by atoms with van der Waals surface area (Å²) in [7, 11) is 0. The Balaban J connectivity index is 2.34. The molecule has 2 unspecified atom stereocenters. The lowest BCUT2D eigenvalue weighted by Crippen LogP contribution is -2.56. The molecule has 0 amide bonds. The first-order chi connectivity index (χ1) is 29.9. The lowest BCUT2D eigenvalue weighted by molar-refractivity contribution is -0.151. The molecule has 1 rings (SSSR count). The summed E-state index contributed by atoms with van der Waals surface area (Å²) in [6.07, 6.45) is 46.6. The number of aliphatic hydroxyl groups is 1. The molecule has 1 aliphatic heterocycles. The minimum Gasteiger partial charge on any atom is -0.462 e. The number of piperazine rings is 1. The monoisotopic (exact) mass is 863 g/mol. The van der Waals surface area contributed by atoms with Crippen molar-refractivity contribution in [3.63, 3.8) is 0 Å². The average molecular weight is 863 g/mol. The standard InChI is InChI=1S/C54H106N2O5/c1-5-9-13-19-29-39-51(40-30-20-14-10-6-2)60-53(58)43-33-25-17-23-27-37-49-47-56(45-35-36-46-57)48-50(55-49)38-28-24-18-26-34-44-54(59)61-52(41-31-21-15-11-7-3)42-32-22-16-12-8-4/h49-52,55,57H,5-48H2,1-4H3. The Hall–Kier alpha value is -1.18. The second-order valence-electron chi connectivity index (χ2n) is 19.4. The summed E-state index contributed by atoms with van der Waals surface area (Å²) in [5.74, 6) is 0.0582. The topological polar surface area (TPSA) is 88.1 Å². The van der Waals surface area contributed by atoms with E-state index in [0.717, 1.165) is 83.8 Å². The summed E-state index contributed by atoms with van der Waals surface area (Å²) < 4.78 is 12.1. The maximum absolute atomic E-state index is 12.8. The third-order valence-corrected chi connectivity index (χ3v) is 13.3. The van der Waals surface area contributed by atoms with Crippen LogP contribution in [-0.4, -0.2) is 72.5 Å². The Morgan fingerprint density at radius 1 is 0.459 bits per heavy atom. The summed E-state index contributed by atoms with van der Waals surface area (Å²) in [6.45, 7) is 12.6. The lowest BCUT2D eigenvalue weighted by Gasteiger charge is -2.39. The molecule has 0 radical (unpaired) electrons. The molecule has 2 N–H and O–H groups in total. The van der Waals surface area contributed by atoms with E-state index in [-0.39, 0.29) is 30.8 Å². The van der Waals surface area contributed by atoms with Crippen LogP contribution in [0.2, 0.25) is 0 Å². The SMILES string of the molecule is CCCCCCCC(CCCCCCC)OC(=O)CCCCCCCC1CN(CCCCO)CC(CCCCCCCC(=O)OC(CCCCCCC)CCCCCCC)N1.